The first kappa shape index (κ1) is 22.8. The third kappa shape index (κ3) is 4.56. The highest BCUT2D eigenvalue weighted by atomic mass is 19.4. The molecule has 6 nitrogen and oxygen atoms in total. The van der Waals surface area contributed by atoms with Crippen molar-refractivity contribution in [3.05, 3.63) is 35.1 Å². The van der Waals surface area contributed by atoms with Crippen molar-refractivity contribution in [2.75, 3.05) is 46.4 Å². The summed E-state index contributed by atoms with van der Waals surface area (Å²) in [4.78, 5) is 17.0. The van der Waals surface area contributed by atoms with E-state index in [-0.39, 0.29) is 17.4 Å². The molecule has 1 aromatic rings. The number of methoxy groups -OCH3 is 1. The molecule has 3 aliphatic rings. The van der Waals surface area contributed by atoms with Crippen molar-refractivity contribution in [1.82, 2.24) is 9.80 Å². The molecule has 10 heteroatoms. The number of benzene rings is 1. The predicted molar refractivity (Wildman–Crippen MR) is 111 cm³/mol. The quantitative estimate of drug-likeness (QED) is 0.642. The molecule has 1 unspecified atom stereocenters. The van der Waals surface area contributed by atoms with Crippen molar-refractivity contribution < 1.29 is 27.1 Å². The van der Waals surface area contributed by atoms with Crippen molar-refractivity contribution >= 4 is 17.3 Å². The molecule has 3 aliphatic heterocycles. The fourth-order valence-electron chi connectivity index (χ4n) is 4.80. The van der Waals surface area contributed by atoms with Crippen LogP contribution in [0, 0.1) is 11.7 Å². The van der Waals surface area contributed by atoms with Gasteiger partial charge in [0.1, 0.15) is 11.5 Å². The number of hydrogen-bond donors (Lipinski definition) is 0. The second kappa shape index (κ2) is 9.27. The van der Waals surface area contributed by atoms with E-state index in [1.807, 2.05) is 0 Å². The van der Waals surface area contributed by atoms with Gasteiger partial charge in [-0.2, -0.15) is 18.3 Å². The summed E-state index contributed by atoms with van der Waals surface area (Å²) in [5, 5.41) is 8.38. The minimum atomic E-state index is -4.75. The summed E-state index contributed by atoms with van der Waals surface area (Å²) >= 11 is 0. The average molecular weight is 454 g/mol. The number of carbonyl (C=O) groups excluding carboxylic acids is 1. The maximum absolute atomic E-state index is 14.0. The van der Waals surface area contributed by atoms with Gasteiger partial charge in [0.2, 0.25) is 0 Å². The number of nitrogens with zero attached hydrogens (tertiary/aromatic N) is 4. The SMILES string of the molecule is COCCN1CCC2=NN=C(C(=O)N3CCC(c4cccc(F)c4C(F)(F)F)CC3)C2C1. The third-order valence-electron chi connectivity index (χ3n) is 6.53. The molecule has 0 radical (unpaired) electrons. The summed E-state index contributed by atoms with van der Waals surface area (Å²) in [7, 11) is 1.65. The standard InChI is InChI=1S/C22H26F4N4O2/c1-32-12-11-29-8-7-18-16(13-29)20(28-27-18)21(31)30-9-5-14(6-10-30)15-3-2-4-17(23)19(15)22(24,25)26/h2-4,14,16H,5-13H2,1H3. The Balaban J connectivity index is 1.40. The fraction of sp³-hybridized carbons (Fsp3) is 0.591. The lowest BCUT2D eigenvalue weighted by Gasteiger charge is -2.35. The first-order valence-electron chi connectivity index (χ1n) is 10.8. The number of piperidine rings is 2. The van der Waals surface area contributed by atoms with Gasteiger partial charge in [-0.1, -0.05) is 12.1 Å². The van der Waals surface area contributed by atoms with Gasteiger partial charge in [0.15, 0.2) is 0 Å². The third-order valence-corrected chi connectivity index (χ3v) is 6.53. The van der Waals surface area contributed by atoms with E-state index in [4.69, 9.17) is 4.74 Å². The van der Waals surface area contributed by atoms with Gasteiger partial charge in [0, 0.05) is 46.3 Å². The summed E-state index contributed by atoms with van der Waals surface area (Å²) in [5.74, 6) is -2.07. The summed E-state index contributed by atoms with van der Waals surface area (Å²) in [6.07, 6.45) is -3.33. The van der Waals surface area contributed by atoms with E-state index < -0.39 is 23.5 Å². The molecular formula is C22H26F4N4O2. The number of likely N-dealkylation sites (tertiary alicyclic amines) is 2. The van der Waals surface area contributed by atoms with Crippen molar-refractivity contribution in [3.8, 4) is 0 Å². The van der Waals surface area contributed by atoms with Gasteiger partial charge in [-0.3, -0.25) is 9.69 Å². The summed E-state index contributed by atoms with van der Waals surface area (Å²) in [6, 6.07) is 3.48. The lowest BCUT2D eigenvalue weighted by atomic mass is 9.85. The lowest BCUT2D eigenvalue weighted by molar-refractivity contribution is -0.141. The second-order valence-electron chi connectivity index (χ2n) is 8.44. The van der Waals surface area contributed by atoms with Crippen LogP contribution in [0.2, 0.25) is 0 Å². The van der Waals surface area contributed by atoms with Crippen LogP contribution in [0.5, 0.6) is 0 Å². The molecule has 0 aromatic heterocycles. The van der Waals surface area contributed by atoms with E-state index >= 15 is 0 Å². The number of fused-ring (bicyclic) bond motifs is 1. The van der Waals surface area contributed by atoms with E-state index in [1.165, 1.54) is 12.1 Å². The molecule has 0 N–H and O–H groups in total. The van der Waals surface area contributed by atoms with Gasteiger partial charge in [-0.05, 0) is 30.4 Å². The largest absolute Gasteiger partial charge is 0.419 e. The topological polar surface area (TPSA) is 57.5 Å². The Morgan fingerprint density at radius 1 is 1.19 bits per heavy atom. The normalized spacial score (nSPS) is 22.5. The molecule has 1 aromatic carbocycles. The van der Waals surface area contributed by atoms with Crippen LogP contribution in [0.25, 0.3) is 0 Å². The Morgan fingerprint density at radius 3 is 2.62 bits per heavy atom. The maximum Gasteiger partial charge on any atom is 0.419 e. The van der Waals surface area contributed by atoms with E-state index in [0.717, 1.165) is 31.3 Å². The highest BCUT2D eigenvalue weighted by Crippen LogP contribution is 2.40. The van der Waals surface area contributed by atoms with Gasteiger partial charge in [-0.15, -0.1) is 5.10 Å². The molecule has 32 heavy (non-hydrogen) atoms. The summed E-state index contributed by atoms with van der Waals surface area (Å²) in [5.41, 5.74) is 0.0876. The van der Waals surface area contributed by atoms with Gasteiger partial charge in [-0.25, -0.2) is 4.39 Å². The van der Waals surface area contributed by atoms with E-state index in [2.05, 4.69) is 15.1 Å². The molecule has 1 atom stereocenters. The maximum atomic E-state index is 14.0. The number of halogens is 4. The highest BCUT2D eigenvalue weighted by molar-refractivity contribution is 6.44. The number of hydrogen-bond acceptors (Lipinski definition) is 5. The molecule has 174 valence electrons. The van der Waals surface area contributed by atoms with Crippen LogP contribution in [-0.2, 0) is 15.7 Å². The number of rotatable bonds is 5. The molecule has 1 amide bonds. The van der Waals surface area contributed by atoms with Gasteiger partial charge in [0.05, 0.1) is 23.8 Å². The lowest BCUT2D eigenvalue weighted by Crippen LogP contribution is -2.49. The molecule has 4 rings (SSSR count). The van der Waals surface area contributed by atoms with Gasteiger partial charge in [0.25, 0.3) is 5.91 Å². The number of amides is 1. The number of ether oxygens (including phenoxy) is 1. The van der Waals surface area contributed by atoms with Crippen molar-refractivity contribution in [1.29, 1.82) is 0 Å². The minimum absolute atomic E-state index is 0.0329. The molecule has 0 bridgehead atoms. The summed E-state index contributed by atoms with van der Waals surface area (Å²) < 4.78 is 59.3. The monoisotopic (exact) mass is 454 g/mol. The second-order valence-corrected chi connectivity index (χ2v) is 8.44. The van der Waals surface area contributed by atoms with Crippen LogP contribution in [0.15, 0.2) is 28.4 Å². The van der Waals surface area contributed by atoms with Crippen LogP contribution in [-0.4, -0.2) is 73.6 Å². The van der Waals surface area contributed by atoms with Crippen molar-refractivity contribution in [2.24, 2.45) is 16.1 Å². The van der Waals surface area contributed by atoms with Crippen molar-refractivity contribution in [3.63, 3.8) is 0 Å². The Labute approximate surface area is 183 Å². The van der Waals surface area contributed by atoms with E-state index in [9.17, 15) is 22.4 Å². The molecule has 0 spiro atoms. The average Bonchev–Trinajstić information content (AvgIpc) is 3.19. The first-order valence-corrected chi connectivity index (χ1v) is 10.8. The van der Waals surface area contributed by atoms with Crippen LogP contribution in [0.3, 0.4) is 0 Å². The van der Waals surface area contributed by atoms with E-state index in [1.54, 1.807) is 12.0 Å². The predicted octanol–water partition coefficient (Wildman–Crippen LogP) is 3.33. The molecule has 0 aliphatic carbocycles. The zero-order valence-electron chi connectivity index (χ0n) is 17.9. The Kier molecular flexibility index (Phi) is 6.62. The molecule has 2 fully saturated rings. The van der Waals surface area contributed by atoms with Gasteiger partial charge < -0.3 is 9.64 Å². The molecule has 2 saturated heterocycles. The first-order chi connectivity index (χ1) is 15.3. The van der Waals surface area contributed by atoms with E-state index in [0.29, 0.717) is 44.8 Å². The van der Waals surface area contributed by atoms with Gasteiger partial charge >= 0.3 is 6.18 Å². The zero-order chi connectivity index (χ0) is 22.9. The van der Waals surface area contributed by atoms with Crippen LogP contribution >= 0.6 is 0 Å². The summed E-state index contributed by atoms with van der Waals surface area (Å²) in [6.45, 7) is 3.46. The smallest absolute Gasteiger partial charge is 0.383 e. The molecular weight excluding hydrogens is 428 g/mol. The van der Waals surface area contributed by atoms with Crippen LogP contribution < -0.4 is 0 Å². The molecule has 3 heterocycles. The Morgan fingerprint density at radius 2 is 1.94 bits per heavy atom. The number of alkyl halides is 3. The molecule has 0 saturated carbocycles. The van der Waals surface area contributed by atoms with Crippen LogP contribution in [0.4, 0.5) is 17.6 Å². The number of carbonyl (C=O) groups is 1. The Bertz CT molecular complexity index is 923. The fourth-order valence-corrected chi connectivity index (χ4v) is 4.80. The highest BCUT2D eigenvalue weighted by Gasteiger charge is 2.41. The Hall–Kier alpha value is -2.33. The van der Waals surface area contributed by atoms with Crippen LogP contribution in [0.1, 0.15) is 36.3 Å². The minimum Gasteiger partial charge on any atom is -0.383 e. The van der Waals surface area contributed by atoms with Crippen molar-refractivity contribution in [2.45, 2.75) is 31.4 Å². The zero-order valence-corrected chi connectivity index (χ0v) is 17.9.